The van der Waals surface area contributed by atoms with Gasteiger partial charge in [0.25, 0.3) is 0 Å². The number of piperidine rings is 2. The highest BCUT2D eigenvalue weighted by atomic mass is 32.2. The van der Waals surface area contributed by atoms with E-state index in [1.54, 1.807) is 12.1 Å². The molecule has 2 aliphatic heterocycles. The van der Waals surface area contributed by atoms with Crippen molar-refractivity contribution < 1.29 is 21.6 Å². The van der Waals surface area contributed by atoms with Crippen LogP contribution in [-0.4, -0.2) is 83.7 Å². The molecule has 42 heavy (non-hydrogen) atoms. The Morgan fingerprint density at radius 1 is 0.833 bits per heavy atom. The summed E-state index contributed by atoms with van der Waals surface area (Å²) in [6.45, 7) is 6.58. The van der Waals surface area contributed by atoms with Crippen LogP contribution in [-0.2, 0) is 37.5 Å². The number of anilines is 1. The van der Waals surface area contributed by atoms with Crippen LogP contribution in [0.25, 0.3) is 0 Å². The first kappa shape index (κ1) is 32.6. The van der Waals surface area contributed by atoms with Gasteiger partial charge in [-0.3, -0.25) is 4.79 Å². The van der Waals surface area contributed by atoms with E-state index < -0.39 is 19.9 Å². The van der Waals surface area contributed by atoms with Gasteiger partial charge in [-0.1, -0.05) is 37.6 Å². The Morgan fingerprint density at radius 3 is 1.98 bits per heavy atom. The van der Waals surface area contributed by atoms with Gasteiger partial charge in [-0.2, -0.15) is 0 Å². The minimum atomic E-state index is -3.23. The topological polar surface area (TPSA) is 95.1 Å². The van der Waals surface area contributed by atoms with Crippen LogP contribution in [0, 0.1) is 11.8 Å². The third-order valence-electron chi connectivity index (χ3n) is 8.76. The van der Waals surface area contributed by atoms with Crippen LogP contribution in [0.5, 0.6) is 0 Å². The lowest BCUT2D eigenvalue weighted by atomic mass is 9.90. The average Bonchev–Trinajstić information content (AvgIpc) is 2.96. The van der Waals surface area contributed by atoms with Gasteiger partial charge in [-0.05, 0) is 106 Å². The minimum Gasteiger partial charge on any atom is -0.312 e. The van der Waals surface area contributed by atoms with E-state index in [9.17, 15) is 21.6 Å². The summed E-state index contributed by atoms with van der Waals surface area (Å²) < 4.78 is 48.9. The first-order valence-corrected chi connectivity index (χ1v) is 19.0. The molecule has 8 nitrogen and oxygen atoms in total. The van der Waals surface area contributed by atoms with Gasteiger partial charge in [0.1, 0.15) is 0 Å². The highest BCUT2D eigenvalue weighted by molar-refractivity contribution is 7.90. The fraction of sp³-hybridized carbons (Fsp3) is 0.594. The van der Waals surface area contributed by atoms with Gasteiger partial charge in [-0.15, -0.1) is 0 Å². The number of carbonyl (C=O) groups is 1. The van der Waals surface area contributed by atoms with E-state index in [1.165, 1.54) is 27.9 Å². The van der Waals surface area contributed by atoms with Crippen molar-refractivity contribution >= 4 is 31.5 Å². The standard InChI is InChI=1S/C32H47N3O5S2/c1-4-6-26-7-11-30(12-8-26)35(32(36)29-17-23-34(24-18-29)42(3,39)40)20-5-19-33-21-15-28(16-22-33)25-27-9-13-31(14-10-27)41(2,37)38/h7-14,28-29H,4-6,15-25H2,1-3H3. The van der Waals surface area contributed by atoms with Crippen molar-refractivity contribution in [2.24, 2.45) is 11.8 Å². The number of rotatable bonds is 12. The number of hydrogen-bond donors (Lipinski definition) is 0. The molecule has 10 heteroatoms. The Bertz CT molecular complexity index is 1380. The molecule has 0 saturated carbocycles. The summed E-state index contributed by atoms with van der Waals surface area (Å²) in [5.41, 5.74) is 3.37. The Kier molecular flexibility index (Phi) is 11.2. The molecule has 0 bridgehead atoms. The predicted octanol–water partition coefficient (Wildman–Crippen LogP) is 4.39. The maximum absolute atomic E-state index is 13.8. The highest BCUT2D eigenvalue weighted by Crippen LogP contribution is 2.27. The molecule has 2 aliphatic rings. The summed E-state index contributed by atoms with van der Waals surface area (Å²) in [6, 6.07) is 15.6. The van der Waals surface area contributed by atoms with E-state index in [1.807, 2.05) is 17.0 Å². The van der Waals surface area contributed by atoms with Crippen molar-refractivity contribution in [3.63, 3.8) is 0 Å². The van der Waals surface area contributed by atoms with Gasteiger partial charge in [0.2, 0.25) is 15.9 Å². The van der Waals surface area contributed by atoms with E-state index in [0.717, 1.165) is 63.8 Å². The van der Waals surface area contributed by atoms with Crippen LogP contribution in [0.1, 0.15) is 56.6 Å². The number of hydrogen-bond acceptors (Lipinski definition) is 6. The number of sulfonamides is 1. The third kappa shape index (κ3) is 9.11. The lowest BCUT2D eigenvalue weighted by Crippen LogP contribution is -2.45. The molecule has 0 aromatic heterocycles. The molecule has 232 valence electrons. The smallest absolute Gasteiger partial charge is 0.230 e. The zero-order chi connectivity index (χ0) is 30.3. The molecule has 0 radical (unpaired) electrons. The maximum atomic E-state index is 13.8. The van der Waals surface area contributed by atoms with Crippen LogP contribution >= 0.6 is 0 Å². The number of benzene rings is 2. The summed E-state index contributed by atoms with van der Waals surface area (Å²) in [7, 11) is -6.40. The molecule has 2 saturated heterocycles. The molecule has 2 aromatic rings. The number of aryl methyl sites for hydroxylation is 1. The average molecular weight is 618 g/mol. The van der Waals surface area contributed by atoms with Crippen LogP contribution in [0.15, 0.2) is 53.4 Å². The molecule has 0 atom stereocenters. The van der Waals surface area contributed by atoms with Crippen molar-refractivity contribution in [1.29, 1.82) is 0 Å². The van der Waals surface area contributed by atoms with E-state index in [2.05, 4.69) is 36.1 Å². The molecule has 1 amide bonds. The van der Waals surface area contributed by atoms with Gasteiger partial charge >= 0.3 is 0 Å². The fourth-order valence-electron chi connectivity index (χ4n) is 6.23. The summed E-state index contributed by atoms with van der Waals surface area (Å²) in [4.78, 5) is 18.5. The summed E-state index contributed by atoms with van der Waals surface area (Å²) in [5, 5.41) is 0. The van der Waals surface area contributed by atoms with Gasteiger partial charge in [0.05, 0.1) is 11.2 Å². The van der Waals surface area contributed by atoms with Crippen LogP contribution in [0.2, 0.25) is 0 Å². The molecule has 2 fully saturated rings. The van der Waals surface area contributed by atoms with Crippen molar-refractivity contribution in [3.05, 3.63) is 59.7 Å². The highest BCUT2D eigenvalue weighted by Gasteiger charge is 2.32. The van der Waals surface area contributed by atoms with Gasteiger partial charge < -0.3 is 9.80 Å². The first-order valence-electron chi connectivity index (χ1n) is 15.3. The molecule has 2 heterocycles. The number of likely N-dealkylation sites (tertiary alicyclic amines) is 1. The molecule has 0 unspecified atom stereocenters. The summed E-state index contributed by atoms with van der Waals surface area (Å²) in [5.74, 6) is 0.524. The number of nitrogens with zero attached hydrogens (tertiary/aromatic N) is 3. The van der Waals surface area contributed by atoms with Gasteiger partial charge in [0.15, 0.2) is 9.84 Å². The SMILES string of the molecule is CCCc1ccc(N(CCCN2CCC(Cc3ccc(S(C)(=O)=O)cc3)CC2)C(=O)C2CCN(S(C)(=O)=O)CC2)cc1. The quantitative estimate of drug-likeness (QED) is 0.351. The van der Waals surface area contributed by atoms with E-state index in [-0.39, 0.29) is 11.8 Å². The lowest BCUT2D eigenvalue weighted by molar-refractivity contribution is -0.123. The van der Waals surface area contributed by atoms with Crippen molar-refractivity contribution in [3.8, 4) is 0 Å². The third-order valence-corrected chi connectivity index (χ3v) is 11.2. The molecule has 4 rings (SSSR count). The van der Waals surface area contributed by atoms with Crippen LogP contribution in [0.3, 0.4) is 0 Å². The molecular weight excluding hydrogens is 571 g/mol. The number of amides is 1. The summed E-state index contributed by atoms with van der Waals surface area (Å²) >= 11 is 0. The number of carbonyl (C=O) groups excluding carboxylic acids is 1. The molecule has 0 N–H and O–H groups in total. The zero-order valence-electron chi connectivity index (χ0n) is 25.4. The van der Waals surface area contributed by atoms with Crippen molar-refractivity contribution in [1.82, 2.24) is 9.21 Å². The maximum Gasteiger partial charge on any atom is 0.230 e. The molecule has 2 aromatic carbocycles. The van der Waals surface area contributed by atoms with Gasteiger partial charge in [0, 0.05) is 37.5 Å². The molecule has 0 spiro atoms. The van der Waals surface area contributed by atoms with Gasteiger partial charge in [-0.25, -0.2) is 21.1 Å². The second kappa shape index (κ2) is 14.5. The monoisotopic (exact) mass is 617 g/mol. The van der Waals surface area contributed by atoms with E-state index in [4.69, 9.17) is 0 Å². The summed E-state index contributed by atoms with van der Waals surface area (Å²) in [6.07, 6.45) is 9.73. The van der Waals surface area contributed by atoms with Crippen molar-refractivity contribution in [2.45, 2.75) is 63.2 Å². The first-order chi connectivity index (χ1) is 19.9. The Morgan fingerprint density at radius 2 is 1.43 bits per heavy atom. The normalized spacial score (nSPS) is 18.3. The fourth-order valence-corrected chi connectivity index (χ4v) is 7.73. The Hall–Kier alpha value is -2.27. The zero-order valence-corrected chi connectivity index (χ0v) is 27.0. The van der Waals surface area contributed by atoms with Crippen LogP contribution < -0.4 is 4.90 Å². The van der Waals surface area contributed by atoms with E-state index >= 15 is 0 Å². The van der Waals surface area contributed by atoms with E-state index in [0.29, 0.717) is 43.3 Å². The molecule has 0 aliphatic carbocycles. The molecular formula is C32H47N3O5S2. The van der Waals surface area contributed by atoms with Crippen LogP contribution in [0.4, 0.5) is 5.69 Å². The van der Waals surface area contributed by atoms with Crippen molar-refractivity contribution in [2.75, 3.05) is 56.7 Å². The largest absolute Gasteiger partial charge is 0.312 e. The second-order valence-corrected chi connectivity index (χ2v) is 16.1. The Labute approximate surface area is 253 Å². The predicted molar refractivity (Wildman–Crippen MR) is 169 cm³/mol. The Balaban J connectivity index is 1.30. The minimum absolute atomic E-state index is 0.104. The number of sulfone groups is 1. The second-order valence-electron chi connectivity index (χ2n) is 12.1. The lowest BCUT2D eigenvalue weighted by Gasteiger charge is -2.35.